The molecular weight excluding hydrogens is 444 g/mol. The summed E-state index contributed by atoms with van der Waals surface area (Å²) in [5.41, 5.74) is 5.16. The highest BCUT2D eigenvalue weighted by atomic mass is 32.1. The van der Waals surface area contributed by atoms with Crippen LogP contribution in [0.3, 0.4) is 0 Å². The van der Waals surface area contributed by atoms with E-state index in [9.17, 15) is 9.59 Å². The molecule has 0 atom stereocenters. The summed E-state index contributed by atoms with van der Waals surface area (Å²) in [6, 6.07) is 23.0. The third-order valence-electron chi connectivity index (χ3n) is 6.05. The van der Waals surface area contributed by atoms with Gasteiger partial charge in [0.2, 0.25) is 0 Å². The molecule has 1 fully saturated rings. The fourth-order valence-corrected chi connectivity index (χ4v) is 4.28. The summed E-state index contributed by atoms with van der Waals surface area (Å²) in [7, 11) is 0. The number of hydrogen-bond acceptors (Lipinski definition) is 4. The van der Waals surface area contributed by atoms with Gasteiger partial charge in [-0.1, -0.05) is 36.4 Å². The van der Waals surface area contributed by atoms with Crippen molar-refractivity contribution in [3.05, 3.63) is 95.1 Å². The molecule has 1 heterocycles. The summed E-state index contributed by atoms with van der Waals surface area (Å²) < 4.78 is 0. The molecule has 3 aromatic carbocycles. The second-order valence-electron chi connectivity index (χ2n) is 8.36. The van der Waals surface area contributed by atoms with E-state index in [-0.39, 0.29) is 16.9 Å². The van der Waals surface area contributed by atoms with Crippen molar-refractivity contribution in [1.29, 1.82) is 0 Å². The molecule has 0 bridgehead atoms. The second kappa shape index (κ2) is 10.5. The lowest BCUT2D eigenvalue weighted by Gasteiger charge is -2.36. The van der Waals surface area contributed by atoms with Gasteiger partial charge in [-0.2, -0.15) is 0 Å². The van der Waals surface area contributed by atoms with Crippen LogP contribution in [0.1, 0.15) is 31.8 Å². The average Bonchev–Trinajstić information content (AvgIpc) is 2.85. The molecule has 1 aliphatic rings. The Hall–Kier alpha value is -3.71. The van der Waals surface area contributed by atoms with Gasteiger partial charge in [0.15, 0.2) is 5.11 Å². The van der Waals surface area contributed by atoms with Crippen LogP contribution in [0.25, 0.3) is 0 Å². The Balaban J connectivity index is 1.30. The number of carbonyl (C=O) groups excluding carboxylic acids is 2. The highest BCUT2D eigenvalue weighted by Crippen LogP contribution is 2.21. The maximum Gasteiger partial charge on any atom is 0.257 e. The Morgan fingerprint density at radius 3 is 1.91 bits per heavy atom. The van der Waals surface area contributed by atoms with Crippen molar-refractivity contribution in [3.8, 4) is 0 Å². The number of rotatable bonds is 4. The average molecular weight is 473 g/mol. The fraction of sp³-hybridized carbons (Fsp3) is 0.222. The molecule has 6 nitrogen and oxygen atoms in total. The van der Waals surface area contributed by atoms with E-state index in [4.69, 9.17) is 12.2 Å². The Kier molecular flexibility index (Phi) is 7.23. The van der Waals surface area contributed by atoms with Gasteiger partial charge in [0, 0.05) is 48.7 Å². The van der Waals surface area contributed by atoms with Crippen molar-refractivity contribution in [2.75, 3.05) is 36.4 Å². The van der Waals surface area contributed by atoms with Crippen molar-refractivity contribution in [2.24, 2.45) is 0 Å². The molecule has 0 aromatic heterocycles. The molecule has 3 aromatic rings. The number of hydrogen-bond donors (Lipinski definition) is 2. The Bertz CT molecular complexity index is 1200. The number of thiocarbonyl (C=S) groups is 1. The van der Waals surface area contributed by atoms with Crippen molar-refractivity contribution in [1.82, 2.24) is 10.2 Å². The summed E-state index contributed by atoms with van der Waals surface area (Å²) in [5.74, 6) is -0.135. The molecule has 2 N–H and O–H groups in total. The van der Waals surface area contributed by atoms with Gasteiger partial charge in [0.1, 0.15) is 0 Å². The minimum Gasteiger partial charge on any atom is -0.368 e. The molecule has 2 amide bonds. The third-order valence-corrected chi connectivity index (χ3v) is 6.25. The molecule has 1 saturated heterocycles. The number of nitrogens with one attached hydrogen (secondary N) is 2. The zero-order valence-electron chi connectivity index (χ0n) is 19.4. The lowest BCUT2D eigenvalue weighted by molar-refractivity contribution is 0.0746. The first-order valence-corrected chi connectivity index (χ1v) is 11.7. The van der Waals surface area contributed by atoms with Crippen LogP contribution in [0.5, 0.6) is 0 Å². The zero-order chi connectivity index (χ0) is 24.1. The van der Waals surface area contributed by atoms with Gasteiger partial charge in [-0.15, -0.1) is 0 Å². The summed E-state index contributed by atoms with van der Waals surface area (Å²) >= 11 is 5.31. The number of benzene rings is 3. The molecule has 0 spiro atoms. The van der Waals surface area contributed by atoms with E-state index in [0.29, 0.717) is 18.7 Å². The van der Waals surface area contributed by atoms with Crippen LogP contribution in [-0.4, -0.2) is 48.0 Å². The number of aryl methyl sites for hydroxylation is 2. The largest absolute Gasteiger partial charge is 0.368 e. The first kappa shape index (κ1) is 23.4. The van der Waals surface area contributed by atoms with Gasteiger partial charge in [0.25, 0.3) is 11.8 Å². The van der Waals surface area contributed by atoms with E-state index in [2.05, 4.69) is 15.5 Å². The Morgan fingerprint density at radius 2 is 1.32 bits per heavy atom. The van der Waals surface area contributed by atoms with E-state index >= 15 is 0 Å². The standard InChI is InChI=1S/C27H28N4O2S/c1-19-7-3-5-9-23(19)25(32)29-27(34)28-21-11-13-22(14-12-21)30-15-17-31(18-16-30)26(33)24-10-6-4-8-20(24)2/h3-14H,15-18H2,1-2H3,(H2,28,29,32,34). The maximum absolute atomic E-state index is 12.9. The predicted octanol–water partition coefficient (Wildman–Crippen LogP) is 4.39. The number of anilines is 2. The van der Waals surface area contributed by atoms with Crippen molar-refractivity contribution in [2.45, 2.75) is 13.8 Å². The summed E-state index contributed by atoms with van der Waals surface area (Å²) in [4.78, 5) is 29.5. The van der Waals surface area contributed by atoms with Gasteiger partial charge in [-0.3, -0.25) is 14.9 Å². The SMILES string of the molecule is Cc1ccccc1C(=O)NC(=S)Nc1ccc(N2CCN(C(=O)c3ccccc3C)CC2)cc1. The maximum atomic E-state index is 12.9. The predicted molar refractivity (Wildman–Crippen MR) is 141 cm³/mol. The summed E-state index contributed by atoms with van der Waals surface area (Å²) in [5, 5.41) is 6.05. The molecular formula is C27H28N4O2S. The molecule has 7 heteroatoms. The minimum atomic E-state index is -0.231. The van der Waals surface area contributed by atoms with Crippen LogP contribution >= 0.6 is 12.2 Å². The van der Waals surface area contributed by atoms with E-state index in [1.807, 2.05) is 85.5 Å². The van der Waals surface area contributed by atoms with Crippen LogP contribution in [-0.2, 0) is 0 Å². The van der Waals surface area contributed by atoms with Crippen LogP contribution < -0.4 is 15.5 Å². The van der Waals surface area contributed by atoms with Crippen LogP contribution in [0.15, 0.2) is 72.8 Å². The first-order chi connectivity index (χ1) is 16.4. The van der Waals surface area contributed by atoms with Crippen LogP contribution in [0.4, 0.5) is 11.4 Å². The smallest absolute Gasteiger partial charge is 0.257 e. The molecule has 174 valence electrons. The molecule has 1 aliphatic heterocycles. The van der Waals surface area contributed by atoms with Gasteiger partial charge in [0.05, 0.1) is 0 Å². The molecule has 34 heavy (non-hydrogen) atoms. The molecule has 4 rings (SSSR count). The molecule has 0 unspecified atom stereocenters. The van der Waals surface area contributed by atoms with Crippen molar-refractivity contribution < 1.29 is 9.59 Å². The Labute approximate surface area is 205 Å². The van der Waals surface area contributed by atoms with Gasteiger partial charge >= 0.3 is 0 Å². The van der Waals surface area contributed by atoms with Crippen molar-refractivity contribution in [3.63, 3.8) is 0 Å². The highest BCUT2D eigenvalue weighted by molar-refractivity contribution is 7.80. The monoisotopic (exact) mass is 472 g/mol. The van der Waals surface area contributed by atoms with Gasteiger partial charge in [-0.05, 0) is 73.6 Å². The normalized spacial score (nSPS) is 13.4. The second-order valence-corrected chi connectivity index (χ2v) is 8.77. The van der Waals surface area contributed by atoms with E-state index in [1.54, 1.807) is 6.07 Å². The quantitative estimate of drug-likeness (QED) is 0.552. The highest BCUT2D eigenvalue weighted by Gasteiger charge is 2.23. The molecule has 0 aliphatic carbocycles. The number of piperazine rings is 1. The number of amides is 2. The summed E-state index contributed by atoms with van der Waals surface area (Å²) in [6.45, 7) is 6.77. The van der Waals surface area contributed by atoms with Gasteiger partial charge in [-0.25, -0.2) is 0 Å². The summed E-state index contributed by atoms with van der Waals surface area (Å²) in [6.07, 6.45) is 0. The molecule has 0 radical (unpaired) electrons. The van der Waals surface area contributed by atoms with Crippen LogP contribution in [0.2, 0.25) is 0 Å². The third kappa shape index (κ3) is 5.43. The zero-order valence-corrected chi connectivity index (χ0v) is 20.2. The van der Waals surface area contributed by atoms with Crippen LogP contribution in [0, 0.1) is 13.8 Å². The van der Waals surface area contributed by atoms with Gasteiger partial charge < -0.3 is 15.1 Å². The first-order valence-electron chi connectivity index (χ1n) is 11.3. The van der Waals surface area contributed by atoms with E-state index in [1.165, 1.54) is 0 Å². The van der Waals surface area contributed by atoms with E-state index in [0.717, 1.165) is 41.2 Å². The lowest BCUT2D eigenvalue weighted by atomic mass is 10.1. The number of nitrogens with zero attached hydrogens (tertiary/aromatic N) is 2. The topological polar surface area (TPSA) is 64.7 Å². The Morgan fingerprint density at radius 1 is 0.765 bits per heavy atom. The minimum absolute atomic E-state index is 0.0959. The van der Waals surface area contributed by atoms with Crippen molar-refractivity contribution >= 4 is 40.5 Å². The van der Waals surface area contributed by atoms with E-state index < -0.39 is 0 Å². The number of carbonyl (C=O) groups is 2. The lowest BCUT2D eigenvalue weighted by Crippen LogP contribution is -2.48. The fourth-order valence-electron chi connectivity index (χ4n) is 4.07. The molecule has 0 saturated carbocycles.